The first-order valence-corrected chi connectivity index (χ1v) is 11.0. The highest BCUT2D eigenvalue weighted by atomic mass is 32.2. The van der Waals surface area contributed by atoms with Crippen molar-refractivity contribution in [1.82, 2.24) is 14.7 Å². The summed E-state index contributed by atoms with van der Waals surface area (Å²) in [7, 11) is -1.48. The van der Waals surface area contributed by atoms with Crippen LogP contribution in [-0.2, 0) is 16.4 Å². The molecule has 2 heterocycles. The van der Waals surface area contributed by atoms with Crippen LogP contribution in [0, 0.1) is 13.8 Å². The molecule has 0 aliphatic carbocycles. The number of hydrogen-bond acceptors (Lipinski definition) is 5. The Kier molecular flexibility index (Phi) is 5.85. The van der Waals surface area contributed by atoms with Crippen molar-refractivity contribution in [3.05, 3.63) is 46.8 Å². The largest absolute Gasteiger partial charge is 0.573 e. The summed E-state index contributed by atoms with van der Waals surface area (Å²) in [6.07, 6.45) is -4.29. The summed E-state index contributed by atoms with van der Waals surface area (Å²) in [5.41, 5.74) is 2.53. The lowest BCUT2D eigenvalue weighted by Gasteiger charge is -2.18. The van der Waals surface area contributed by atoms with Gasteiger partial charge in [0.05, 0.1) is 23.2 Å². The molecule has 1 aliphatic rings. The molecule has 0 saturated carbocycles. The van der Waals surface area contributed by atoms with Crippen molar-refractivity contribution in [2.24, 2.45) is 0 Å². The van der Waals surface area contributed by atoms with Crippen molar-refractivity contribution in [2.75, 3.05) is 18.6 Å². The fourth-order valence-corrected chi connectivity index (χ4v) is 5.27. The Balaban J connectivity index is 1.73. The molecule has 0 N–H and O–H groups in total. The van der Waals surface area contributed by atoms with Gasteiger partial charge in [0, 0.05) is 30.4 Å². The SMILES string of the molecule is Cc1nn([C@@H]2CCS(=O)(=O)C2)c(C)c1CN(C)C(=O)c1ccc(OC(F)(F)F)cc1. The molecule has 0 spiro atoms. The van der Waals surface area contributed by atoms with Crippen molar-refractivity contribution >= 4 is 15.7 Å². The van der Waals surface area contributed by atoms with E-state index in [1.54, 1.807) is 18.7 Å². The summed E-state index contributed by atoms with van der Waals surface area (Å²) in [5, 5.41) is 4.48. The number of nitrogens with zero attached hydrogens (tertiary/aromatic N) is 3. The first-order valence-electron chi connectivity index (χ1n) is 9.22. The normalized spacial score (nSPS) is 18.4. The number of halogens is 3. The molecule has 164 valence electrons. The lowest BCUT2D eigenvalue weighted by Crippen LogP contribution is -2.27. The molecule has 0 bridgehead atoms. The molecular formula is C19H22F3N3O4S. The minimum absolute atomic E-state index is 0.0511. The number of carbonyl (C=O) groups is 1. The van der Waals surface area contributed by atoms with Gasteiger partial charge in [-0.25, -0.2) is 8.42 Å². The molecule has 11 heteroatoms. The lowest BCUT2D eigenvalue weighted by atomic mass is 10.1. The van der Waals surface area contributed by atoms with Gasteiger partial charge in [-0.3, -0.25) is 9.48 Å². The fourth-order valence-electron chi connectivity index (χ4n) is 3.58. The van der Waals surface area contributed by atoms with Crippen LogP contribution in [0.4, 0.5) is 13.2 Å². The van der Waals surface area contributed by atoms with Gasteiger partial charge >= 0.3 is 6.36 Å². The Bertz CT molecular complexity index is 1050. The standard InChI is InChI=1S/C19H22F3N3O4S/c1-12-17(13(2)25(23-12)15-8-9-30(27,28)11-15)10-24(3)18(26)14-4-6-16(7-5-14)29-19(20,21)22/h4-7,15H,8-11H2,1-3H3/t15-/m1/s1. The first-order chi connectivity index (χ1) is 13.9. The number of aromatic nitrogens is 2. The third kappa shape index (κ3) is 4.94. The van der Waals surface area contributed by atoms with Gasteiger partial charge in [0.2, 0.25) is 0 Å². The summed E-state index contributed by atoms with van der Waals surface area (Å²) in [6, 6.07) is 4.50. The van der Waals surface area contributed by atoms with E-state index >= 15 is 0 Å². The second kappa shape index (κ2) is 7.93. The van der Waals surface area contributed by atoms with Crippen molar-refractivity contribution in [2.45, 2.75) is 39.2 Å². The van der Waals surface area contributed by atoms with E-state index in [4.69, 9.17) is 0 Å². The number of sulfone groups is 1. The topological polar surface area (TPSA) is 81.5 Å². The van der Waals surface area contributed by atoms with Crippen LogP contribution in [0.25, 0.3) is 0 Å². The summed E-state index contributed by atoms with van der Waals surface area (Å²) >= 11 is 0. The first kappa shape index (κ1) is 22.1. The summed E-state index contributed by atoms with van der Waals surface area (Å²) in [4.78, 5) is 14.1. The van der Waals surface area contributed by atoms with Crippen LogP contribution in [0.5, 0.6) is 5.75 Å². The minimum Gasteiger partial charge on any atom is -0.406 e. The Morgan fingerprint density at radius 2 is 1.90 bits per heavy atom. The summed E-state index contributed by atoms with van der Waals surface area (Å²) in [5.74, 6) is -0.586. The van der Waals surface area contributed by atoms with Crippen LogP contribution in [0.3, 0.4) is 0 Å². The van der Waals surface area contributed by atoms with Crippen LogP contribution in [0.1, 0.15) is 39.8 Å². The number of aryl methyl sites for hydroxylation is 1. The number of ether oxygens (including phenoxy) is 1. The van der Waals surface area contributed by atoms with Gasteiger partial charge in [-0.05, 0) is 44.5 Å². The van der Waals surface area contributed by atoms with E-state index in [1.165, 1.54) is 17.0 Å². The van der Waals surface area contributed by atoms with Gasteiger partial charge in [0.15, 0.2) is 9.84 Å². The van der Waals surface area contributed by atoms with Crippen molar-refractivity contribution < 1.29 is 31.1 Å². The molecule has 30 heavy (non-hydrogen) atoms. The average Bonchev–Trinajstić information content (AvgIpc) is 3.13. The highest BCUT2D eigenvalue weighted by Gasteiger charge is 2.32. The maximum absolute atomic E-state index is 12.7. The molecule has 1 amide bonds. The number of hydrogen-bond donors (Lipinski definition) is 0. The van der Waals surface area contributed by atoms with Gasteiger partial charge in [-0.1, -0.05) is 0 Å². The Morgan fingerprint density at radius 3 is 2.43 bits per heavy atom. The minimum atomic E-state index is -4.80. The zero-order chi connectivity index (χ0) is 22.3. The Morgan fingerprint density at radius 1 is 1.27 bits per heavy atom. The van der Waals surface area contributed by atoms with E-state index in [2.05, 4.69) is 9.84 Å². The van der Waals surface area contributed by atoms with Crippen LogP contribution in [0.2, 0.25) is 0 Å². The van der Waals surface area contributed by atoms with Crippen LogP contribution in [-0.4, -0.2) is 53.9 Å². The highest BCUT2D eigenvalue weighted by molar-refractivity contribution is 7.91. The second-order valence-corrected chi connectivity index (χ2v) is 9.61. The van der Waals surface area contributed by atoms with Crippen LogP contribution >= 0.6 is 0 Å². The lowest BCUT2D eigenvalue weighted by molar-refractivity contribution is -0.274. The predicted octanol–water partition coefficient (Wildman–Crippen LogP) is 3.03. The molecule has 1 atom stereocenters. The van der Waals surface area contributed by atoms with Crippen LogP contribution < -0.4 is 4.74 Å². The molecule has 1 fully saturated rings. The number of benzene rings is 1. The van der Waals surface area contributed by atoms with Gasteiger partial charge in [0.1, 0.15) is 5.75 Å². The van der Waals surface area contributed by atoms with Gasteiger partial charge in [-0.15, -0.1) is 13.2 Å². The molecule has 2 aromatic rings. The Labute approximate surface area is 172 Å². The van der Waals surface area contributed by atoms with E-state index < -0.39 is 21.9 Å². The van der Waals surface area contributed by atoms with E-state index in [0.717, 1.165) is 23.4 Å². The molecular weight excluding hydrogens is 423 g/mol. The number of alkyl halides is 3. The van der Waals surface area contributed by atoms with E-state index in [1.807, 2.05) is 6.92 Å². The molecule has 1 aliphatic heterocycles. The van der Waals surface area contributed by atoms with Gasteiger partial charge in [-0.2, -0.15) is 5.10 Å². The number of rotatable bonds is 5. The summed E-state index contributed by atoms with van der Waals surface area (Å²) < 4.78 is 65.9. The molecule has 1 saturated heterocycles. The zero-order valence-electron chi connectivity index (χ0n) is 16.7. The van der Waals surface area contributed by atoms with Gasteiger partial charge in [0.25, 0.3) is 5.91 Å². The zero-order valence-corrected chi connectivity index (χ0v) is 17.5. The predicted molar refractivity (Wildman–Crippen MR) is 103 cm³/mol. The van der Waals surface area contributed by atoms with Crippen molar-refractivity contribution in [1.29, 1.82) is 0 Å². The van der Waals surface area contributed by atoms with E-state index in [-0.39, 0.29) is 35.6 Å². The third-order valence-electron chi connectivity index (χ3n) is 5.11. The van der Waals surface area contributed by atoms with E-state index in [0.29, 0.717) is 12.1 Å². The molecule has 7 nitrogen and oxygen atoms in total. The fraction of sp³-hybridized carbons (Fsp3) is 0.474. The van der Waals surface area contributed by atoms with E-state index in [9.17, 15) is 26.4 Å². The maximum Gasteiger partial charge on any atom is 0.573 e. The monoisotopic (exact) mass is 445 g/mol. The maximum atomic E-state index is 12.7. The second-order valence-electron chi connectivity index (χ2n) is 7.38. The molecule has 1 aromatic heterocycles. The summed E-state index contributed by atoms with van der Waals surface area (Å²) in [6.45, 7) is 3.86. The van der Waals surface area contributed by atoms with Crippen molar-refractivity contribution in [3.63, 3.8) is 0 Å². The molecule has 0 radical (unpaired) electrons. The Hall–Kier alpha value is -2.56. The number of amides is 1. The van der Waals surface area contributed by atoms with Crippen LogP contribution in [0.15, 0.2) is 24.3 Å². The highest BCUT2D eigenvalue weighted by Crippen LogP contribution is 2.28. The average molecular weight is 445 g/mol. The smallest absolute Gasteiger partial charge is 0.406 e. The van der Waals surface area contributed by atoms with Crippen molar-refractivity contribution in [3.8, 4) is 5.75 Å². The molecule has 3 rings (SSSR count). The third-order valence-corrected chi connectivity index (χ3v) is 6.86. The van der Waals surface area contributed by atoms with Gasteiger partial charge < -0.3 is 9.64 Å². The molecule has 0 unspecified atom stereocenters. The quantitative estimate of drug-likeness (QED) is 0.707. The molecule has 1 aromatic carbocycles. The number of carbonyl (C=O) groups excluding carboxylic acids is 1.